The van der Waals surface area contributed by atoms with Crippen molar-refractivity contribution in [2.24, 2.45) is 22.7 Å². The molecule has 4 aromatic rings. The van der Waals surface area contributed by atoms with Gasteiger partial charge in [0.15, 0.2) is 34.0 Å². The fraction of sp³-hybridized carbons (Fsp3) is 0.600. The molecule has 0 spiro atoms. The number of nitrogens with one attached hydrogen (secondary N) is 2. The minimum atomic E-state index is -0.617. The van der Waals surface area contributed by atoms with Gasteiger partial charge in [0, 0.05) is 35.4 Å². The standard InChI is InChI=1S/C40H54N12O4S2/c1-39(2,35(53)55-19-23-5-11-27(17-23)51-21-43-29-31(45-25-7-8-25)47-37(41)49-33(29)51)13-15-57-58-16-14-40(3,4)36(54)56-20-24-6-12-28(18-24)52-22-44-30-32(46-26-9-10-26)48-38(42)50-34(30)52/h5-6,11-12,21-28H,7-10,13-20H2,1-4H3,(H3,41,45,47,49)(H3,42,46,48,50)/t23-,24-,27?,28?/m1/s1. The minimum absolute atomic E-state index is 0.0392. The summed E-state index contributed by atoms with van der Waals surface area (Å²) in [6.07, 6.45) is 19.4. The molecule has 18 heteroatoms. The Morgan fingerprint density at radius 2 is 1.10 bits per heavy atom. The Hall–Kier alpha value is -4.58. The predicted molar refractivity (Wildman–Crippen MR) is 229 cm³/mol. The number of esters is 2. The molecule has 0 aliphatic heterocycles. The second kappa shape index (κ2) is 16.6. The van der Waals surface area contributed by atoms with Crippen molar-refractivity contribution in [2.45, 2.75) is 103 Å². The van der Waals surface area contributed by atoms with Crippen LogP contribution < -0.4 is 22.1 Å². The Bertz CT molecular complexity index is 2060. The first kappa shape index (κ1) is 40.2. The van der Waals surface area contributed by atoms with Gasteiger partial charge in [-0.1, -0.05) is 45.9 Å². The van der Waals surface area contributed by atoms with E-state index in [-0.39, 0.29) is 47.8 Å². The molecule has 6 N–H and O–H groups in total. The highest BCUT2D eigenvalue weighted by Gasteiger charge is 2.34. The topological polar surface area (TPSA) is 216 Å². The highest BCUT2D eigenvalue weighted by Crippen LogP contribution is 2.37. The molecule has 16 nitrogen and oxygen atoms in total. The van der Waals surface area contributed by atoms with Crippen LogP contribution in [0.1, 0.15) is 91.1 Å². The Morgan fingerprint density at radius 3 is 1.50 bits per heavy atom. The van der Waals surface area contributed by atoms with Gasteiger partial charge in [-0.3, -0.25) is 9.59 Å². The monoisotopic (exact) mass is 830 g/mol. The van der Waals surface area contributed by atoms with Crippen LogP contribution in [0.4, 0.5) is 23.5 Å². The Balaban J connectivity index is 0.713. The number of anilines is 4. The second-order valence-corrected chi connectivity index (χ2v) is 20.1. The molecule has 310 valence electrons. The summed E-state index contributed by atoms with van der Waals surface area (Å²) in [5, 5.41) is 6.81. The summed E-state index contributed by atoms with van der Waals surface area (Å²) in [6.45, 7) is 8.40. The fourth-order valence-corrected chi connectivity index (χ4v) is 9.86. The van der Waals surface area contributed by atoms with Crippen LogP contribution in [0.5, 0.6) is 0 Å². The number of rotatable bonds is 19. The van der Waals surface area contributed by atoms with Crippen LogP contribution in [0, 0.1) is 22.7 Å². The van der Waals surface area contributed by atoms with Crippen LogP contribution in [0.2, 0.25) is 0 Å². The van der Waals surface area contributed by atoms with Gasteiger partial charge in [-0.05, 0) is 79.1 Å². The third-order valence-electron chi connectivity index (χ3n) is 11.4. The van der Waals surface area contributed by atoms with Gasteiger partial charge in [-0.15, -0.1) is 0 Å². The zero-order chi connectivity index (χ0) is 40.6. The average molecular weight is 831 g/mol. The van der Waals surface area contributed by atoms with Crippen LogP contribution in [-0.4, -0.2) is 87.8 Å². The fourth-order valence-electron chi connectivity index (χ4n) is 7.23. The van der Waals surface area contributed by atoms with E-state index in [4.69, 9.17) is 20.9 Å². The number of nitrogens with two attached hydrogens (primary N) is 2. The molecule has 0 saturated heterocycles. The maximum absolute atomic E-state index is 13.2. The average Bonchev–Trinajstić information content (AvgIpc) is 3.91. The van der Waals surface area contributed by atoms with E-state index in [1.807, 2.05) is 36.8 Å². The highest BCUT2D eigenvalue weighted by atomic mass is 33.1. The lowest BCUT2D eigenvalue weighted by atomic mass is 9.90. The summed E-state index contributed by atoms with van der Waals surface area (Å²) in [6, 6.07) is 0.920. The third-order valence-corrected chi connectivity index (χ3v) is 13.8. The molecule has 0 bridgehead atoms. The lowest BCUT2D eigenvalue weighted by molar-refractivity contribution is -0.155. The van der Waals surface area contributed by atoms with Crippen molar-refractivity contribution in [3.63, 3.8) is 0 Å². The van der Waals surface area contributed by atoms with E-state index >= 15 is 0 Å². The van der Waals surface area contributed by atoms with Gasteiger partial charge in [0.2, 0.25) is 11.9 Å². The largest absolute Gasteiger partial charge is 0.465 e. The molecule has 4 aromatic heterocycles. The SMILES string of the molecule is CC(C)(CCSSCCC(C)(C)C(=O)OC[C@@H]1C=CC(n2cnc3c(NC4CC4)nc(N)nc32)C1)C(=O)OC[C@@H]1C=CC(n2cnc3c(NC4CC4)nc(N)nc32)C1. The number of fused-ring (bicyclic) bond motifs is 2. The van der Waals surface area contributed by atoms with Gasteiger partial charge in [-0.25, -0.2) is 9.97 Å². The number of imidazole rings is 2. The Labute approximate surface area is 346 Å². The van der Waals surface area contributed by atoms with Gasteiger partial charge in [-0.2, -0.15) is 19.9 Å². The van der Waals surface area contributed by atoms with E-state index in [9.17, 15) is 9.59 Å². The van der Waals surface area contributed by atoms with Crippen LogP contribution in [0.15, 0.2) is 37.0 Å². The number of carbonyl (C=O) groups is 2. The number of nitrogen functional groups attached to an aromatic ring is 2. The zero-order valence-electron chi connectivity index (χ0n) is 33.6. The number of aromatic nitrogens is 8. The summed E-state index contributed by atoms with van der Waals surface area (Å²) in [5.74, 6) is 3.18. The summed E-state index contributed by atoms with van der Waals surface area (Å²) in [5.41, 5.74) is 13.7. The van der Waals surface area contributed by atoms with Crippen molar-refractivity contribution < 1.29 is 19.1 Å². The molecule has 2 saturated carbocycles. The number of ether oxygens (including phenoxy) is 2. The van der Waals surface area contributed by atoms with E-state index < -0.39 is 10.8 Å². The molecule has 8 rings (SSSR count). The summed E-state index contributed by atoms with van der Waals surface area (Å²) in [4.78, 5) is 53.2. The predicted octanol–water partition coefficient (Wildman–Crippen LogP) is 6.51. The van der Waals surface area contributed by atoms with E-state index in [1.165, 1.54) is 0 Å². The molecule has 4 aliphatic rings. The Kier molecular flexibility index (Phi) is 11.5. The molecule has 2 fully saturated rings. The lowest BCUT2D eigenvalue weighted by Gasteiger charge is -2.24. The second-order valence-electron chi connectivity index (χ2n) is 17.4. The van der Waals surface area contributed by atoms with Gasteiger partial charge in [0.1, 0.15) is 0 Å². The number of allylic oxidation sites excluding steroid dienone is 2. The Morgan fingerprint density at radius 1 is 0.690 bits per heavy atom. The van der Waals surface area contributed by atoms with Crippen molar-refractivity contribution >= 4 is 79.4 Å². The lowest BCUT2D eigenvalue weighted by Crippen LogP contribution is -2.29. The first-order valence-electron chi connectivity index (χ1n) is 20.3. The molecule has 4 atom stereocenters. The number of carbonyl (C=O) groups excluding carboxylic acids is 2. The smallest absolute Gasteiger partial charge is 0.311 e. The molecule has 0 aromatic carbocycles. The first-order valence-corrected chi connectivity index (χ1v) is 22.8. The molecular formula is C40H54N12O4S2. The van der Waals surface area contributed by atoms with Crippen LogP contribution in [0.25, 0.3) is 22.3 Å². The number of nitrogens with zero attached hydrogens (tertiary/aromatic N) is 8. The van der Waals surface area contributed by atoms with Crippen LogP contribution >= 0.6 is 21.6 Å². The molecule has 2 unspecified atom stereocenters. The van der Waals surface area contributed by atoms with E-state index in [0.717, 1.165) is 61.1 Å². The minimum Gasteiger partial charge on any atom is -0.465 e. The number of hydrogen-bond donors (Lipinski definition) is 4. The van der Waals surface area contributed by atoms with E-state index in [0.29, 0.717) is 61.1 Å². The highest BCUT2D eigenvalue weighted by molar-refractivity contribution is 8.76. The molecule has 4 heterocycles. The molecule has 0 amide bonds. The van der Waals surface area contributed by atoms with Crippen molar-refractivity contribution in [3.05, 3.63) is 37.0 Å². The maximum atomic E-state index is 13.2. The van der Waals surface area contributed by atoms with E-state index in [2.05, 4.69) is 64.8 Å². The summed E-state index contributed by atoms with van der Waals surface area (Å²) >= 11 is 0. The zero-order valence-corrected chi connectivity index (χ0v) is 35.2. The van der Waals surface area contributed by atoms with Crippen molar-refractivity contribution in [1.29, 1.82) is 0 Å². The molecule has 0 radical (unpaired) electrons. The third kappa shape index (κ3) is 9.32. The maximum Gasteiger partial charge on any atom is 0.311 e. The van der Waals surface area contributed by atoms with Crippen molar-refractivity contribution in [1.82, 2.24) is 39.0 Å². The molecular weight excluding hydrogens is 777 g/mol. The van der Waals surface area contributed by atoms with Crippen LogP contribution in [0.3, 0.4) is 0 Å². The van der Waals surface area contributed by atoms with Gasteiger partial charge in [0.05, 0.1) is 48.8 Å². The normalized spacial score (nSPS) is 21.9. The number of hydrogen-bond acceptors (Lipinski definition) is 16. The summed E-state index contributed by atoms with van der Waals surface area (Å²) < 4.78 is 15.7. The summed E-state index contributed by atoms with van der Waals surface area (Å²) in [7, 11) is 3.44. The van der Waals surface area contributed by atoms with Gasteiger partial charge in [0.25, 0.3) is 0 Å². The van der Waals surface area contributed by atoms with Crippen molar-refractivity contribution in [3.8, 4) is 0 Å². The molecule has 4 aliphatic carbocycles. The van der Waals surface area contributed by atoms with E-state index in [1.54, 1.807) is 34.2 Å². The van der Waals surface area contributed by atoms with Gasteiger partial charge >= 0.3 is 11.9 Å². The first-order chi connectivity index (χ1) is 27.8. The quantitative estimate of drug-likeness (QED) is 0.0343. The van der Waals surface area contributed by atoms with Gasteiger partial charge < -0.3 is 40.7 Å². The molecule has 58 heavy (non-hydrogen) atoms. The van der Waals surface area contributed by atoms with Crippen LogP contribution in [-0.2, 0) is 19.1 Å². The van der Waals surface area contributed by atoms with Crippen molar-refractivity contribution in [2.75, 3.05) is 46.8 Å².